The molecule has 0 radical (unpaired) electrons. The van der Waals surface area contributed by atoms with Crippen LogP contribution in [-0.2, 0) is 9.59 Å². The molecular weight excluding hydrogens is 244 g/mol. The molecule has 0 aromatic carbocycles. The van der Waals surface area contributed by atoms with Crippen LogP contribution in [0.1, 0.15) is 0 Å². The smallest absolute Gasteiger partial charge is 0.334 e. The average molecular weight is 256 g/mol. The van der Waals surface area contributed by atoms with Crippen molar-refractivity contribution in [2.75, 3.05) is 12.3 Å². The molecule has 1 unspecified atom stereocenters. The summed E-state index contributed by atoms with van der Waals surface area (Å²) in [6.07, 6.45) is 1.67. The number of carboxylic acid groups (broad SMARTS) is 1. The number of hydrogen-bond acceptors (Lipinski definition) is 5. The summed E-state index contributed by atoms with van der Waals surface area (Å²) in [5.74, 6) is -1.52. The Kier molecular flexibility index (Phi) is 5.44. The maximum atomic E-state index is 11.3. The molecule has 0 saturated carbocycles. The van der Waals surface area contributed by atoms with Crippen molar-refractivity contribution in [2.24, 2.45) is 0 Å². The quantitative estimate of drug-likeness (QED) is 0.606. The predicted molar refractivity (Wildman–Crippen MR) is 61.6 cm³/mol. The molecule has 0 aliphatic rings. The highest BCUT2D eigenvalue weighted by molar-refractivity contribution is 8.00. The second-order valence-corrected chi connectivity index (χ2v) is 4.18. The molecular formula is C10H12N2O4S. The summed E-state index contributed by atoms with van der Waals surface area (Å²) in [4.78, 5) is 26.3. The van der Waals surface area contributed by atoms with Crippen molar-refractivity contribution < 1.29 is 19.8 Å². The number of aliphatic carboxylic acids is 1. The van der Waals surface area contributed by atoms with Crippen molar-refractivity contribution in [1.29, 1.82) is 0 Å². The molecule has 1 heterocycles. The van der Waals surface area contributed by atoms with Crippen LogP contribution in [0.25, 0.3) is 0 Å². The SMILES string of the molecule is O=C(CSc1ccncc1)NCC(O)C(=O)O. The van der Waals surface area contributed by atoms with Crippen molar-refractivity contribution in [3.63, 3.8) is 0 Å². The molecule has 0 aliphatic carbocycles. The number of carbonyl (C=O) groups excluding carboxylic acids is 1. The molecule has 0 saturated heterocycles. The van der Waals surface area contributed by atoms with Crippen LogP contribution >= 0.6 is 11.8 Å². The lowest BCUT2D eigenvalue weighted by Gasteiger charge is -2.07. The third-order valence-electron chi connectivity index (χ3n) is 1.80. The minimum absolute atomic E-state index is 0.163. The van der Waals surface area contributed by atoms with E-state index in [1.807, 2.05) is 0 Å². The standard InChI is InChI=1S/C10H12N2O4S/c13-8(10(15)16)5-12-9(14)6-17-7-1-3-11-4-2-7/h1-4,8,13H,5-6H2,(H,12,14)(H,15,16). The van der Waals surface area contributed by atoms with Crippen LogP contribution in [0, 0.1) is 0 Å². The number of pyridine rings is 1. The minimum atomic E-state index is -1.56. The number of aliphatic hydroxyl groups is 1. The Labute approximate surface area is 102 Å². The summed E-state index contributed by atoms with van der Waals surface area (Å²) < 4.78 is 0. The van der Waals surface area contributed by atoms with Gasteiger partial charge < -0.3 is 15.5 Å². The molecule has 3 N–H and O–H groups in total. The lowest BCUT2D eigenvalue weighted by atomic mass is 10.3. The third kappa shape index (κ3) is 5.32. The molecule has 0 fully saturated rings. The van der Waals surface area contributed by atoms with E-state index in [1.54, 1.807) is 24.5 Å². The lowest BCUT2D eigenvalue weighted by Crippen LogP contribution is -2.37. The fourth-order valence-electron chi connectivity index (χ4n) is 0.932. The molecule has 0 bridgehead atoms. The zero-order chi connectivity index (χ0) is 12.7. The van der Waals surface area contributed by atoms with Gasteiger partial charge in [-0.25, -0.2) is 4.79 Å². The Balaban J connectivity index is 2.24. The molecule has 17 heavy (non-hydrogen) atoms. The largest absolute Gasteiger partial charge is 0.479 e. The number of thioether (sulfide) groups is 1. The number of amides is 1. The van der Waals surface area contributed by atoms with E-state index < -0.39 is 12.1 Å². The number of hydrogen-bond donors (Lipinski definition) is 3. The van der Waals surface area contributed by atoms with Crippen molar-refractivity contribution >= 4 is 23.6 Å². The van der Waals surface area contributed by atoms with Crippen LogP contribution < -0.4 is 5.32 Å². The monoisotopic (exact) mass is 256 g/mol. The Hall–Kier alpha value is -1.60. The van der Waals surface area contributed by atoms with Crippen LogP contribution in [-0.4, -0.2) is 45.5 Å². The number of aromatic nitrogens is 1. The first-order valence-corrected chi connectivity index (χ1v) is 5.78. The van der Waals surface area contributed by atoms with Gasteiger partial charge in [0.05, 0.1) is 12.3 Å². The first-order valence-electron chi connectivity index (χ1n) is 4.80. The van der Waals surface area contributed by atoms with E-state index in [2.05, 4.69) is 10.3 Å². The van der Waals surface area contributed by atoms with Gasteiger partial charge in [-0.05, 0) is 12.1 Å². The zero-order valence-corrected chi connectivity index (χ0v) is 9.68. The Bertz CT molecular complexity index is 385. The molecule has 1 aromatic rings. The predicted octanol–water partition coefficient (Wildman–Crippen LogP) is -0.265. The fraction of sp³-hybridized carbons (Fsp3) is 0.300. The van der Waals surface area contributed by atoms with E-state index in [-0.39, 0.29) is 18.2 Å². The maximum absolute atomic E-state index is 11.3. The van der Waals surface area contributed by atoms with Crippen molar-refractivity contribution in [3.05, 3.63) is 24.5 Å². The molecule has 0 aliphatic heterocycles. The van der Waals surface area contributed by atoms with Gasteiger partial charge in [-0.2, -0.15) is 0 Å². The van der Waals surface area contributed by atoms with Gasteiger partial charge in [0, 0.05) is 17.3 Å². The molecule has 1 atom stereocenters. The number of rotatable bonds is 6. The zero-order valence-electron chi connectivity index (χ0n) is 8.87. The number of aliphatic hydroxyl groups excluding tert-OH is 1. The van der Waals surface area contributed by atoms with Gasteiger partial charge in [-0.3, -0.25) is 9.78 Å². The molecule has 6 nitrogen and oxygen atoms in total. The Morgan fingerprint density at radius 2 is 2.06 bits per heavy atom. The summed E-state index contributed by atoms with van der Waals surface area (Å²) in [7, 11) is 0. The second-order valence-electron chi connectivity index (χ2n) is 3.13. The van der Waals surface area contributed by atoms with E-state index in [9.17, 15) is 9.59 Å². The van der Waals surface area contributed by atoms with Crippen LogP contribution in [0.5, 0.6) is 0 Å². The van der Waals surface area contributed by atoms with E-state index in [1.165, 1.54) is 11.8 Å². The molecule has 1 amide bonds. The topological polar surface area (TPSA) is 99.5 Å². The maximum Gasteiger partial charge on any atom is 0.334 e. The summed E-state index contributed by atoms with van der Waals surface area (Å²) >= 11 is 1.31. The van der Waals surface area contributed by atoms with Crippen molar-refractivity contribution in [2.45, 2.75) is 11.0 Å². The highest BCUT2D eigenvalue weighted by Crippen LogP contribution is 2.15. The molecule has 0 spiro atoms. The molecule has 1 aromatic heterocycles. The first-order chi connectivity index (χ1) is 8.09. The highest BCUT2D eigenvalue weighted by atomic mass is 32.2. The number of nitrogens with one attached hydrogen (secondary N) is 1. The van der Waals surface area contributed by atoms with Gasteiger partial charge in [0.25, 0.3) is 0 Å². The Morgan fingerprint density at radius 3 is 2.65 bits per heavy atom. The number of nitrogens with zero attached hydrogens (tertiary/aromatic N) is 1. The van der Waals surface area contributed by atoms with Crippen LogP contribution in [0.15, 0.2) is 29.4 Å². The summed E-state index contributed by atoms with van der Waals surface area (Å²) in [5.41, 5.74) is 0. The van der Waals surface area contributed by atoms with Gasteiger partial charge >= 0.3 is 5.97 Å². The third-order valence-corrected chi connectivity index (χ3v) is 2.81. The molecule has 7 heteroatoms. The summed E-state index contributed by atoms with van der Waals surface area (Å²) in [6.45, 7) is -0.287. The van der Waals surface area contributed by atoms with Crippen LogP contribution in [0.3, 0.4) is 0 Å². The van der Waals surface area contributed by atoms with E-state index in [0.29, 0.717) is 0 Å². The highest BCUT2D eigenvalue weighted by Gasteiger charge is 2.13. The van der Waals surface area contributed by atoms with Gasteiger partial charge in [0.15, 0.2) is 6.10 Å². The van der Waals surface area contributed by atoms with Crippen molar-refractivity contribution in [1.82, 2.24) is 10.3 Å². The minimum Gasteiger partial charge on any atom is -0.479 e. The molecule has 92 valence electrons. The van der Waals surface area contributed by atoms with Crippen molar-refractivity contribution in [3.8, 4) is 0 Å². The Morgan fingerprint density at radius 1 is 1.41 bits per heavy atom. The molecule has 1 rings (SSSR count). The lowest BCUT2D eigenvalue weighted by molar-refractivity contribution is -0.146. The number of carbonyl (C=O) groups is 2. The summed E-state index contributed by atoms with van der Waals surface area (Å²) in [6, 6.07) is 3.54. The second kappa shape index (κ2) is 6.87. The van der Waals surface area contributed by atoms with Crippen LogP contribution in [0.4, 0.5) is 0 Å². The summed E-state index contributed by atoms with van der Waals surface area (Å²) in [5, 5.41) is 19.6. The van der Waals surface area contributed by atoms with Gasteiger partial charge in [0.2, 0.25) is 5.91 Å². The van der Waals surface area contributed by atoms with Gasteiger partial charge in [0.1, 0.15) is 0 Å². The normalized spacial score (nSPS) is 11.8. The van der Waals surface area contributed by atoms with Gasteiger partial charge in [-0.15, -0.1) is 11.8 Å². The van der Waals surface area contributed by atoms with Gasteiger partial charge in [-0.1, -0.05) is 0 Å². The average Bonchev–Trinajstić information content (AvgIpc) is 2.34. The number of carboxylic acids is 1. The van der Waals surface area contributed by atoms with E-state index in [4.69, 9.17) is 10.2 Å². The van der Waals surface area contributed by atoms with Crippen LogP contribution in [0.2, 0.25) is 0 Å². The first kappa shape index (κ1) is 13.5. The van der Waals surface area contributed by atoms with E-state index in [0.717, 1.165) is 4.90 Å². The fourth-order valence-corrected chi connectivity index (χ4v) is 1.65. The van der Waals surface area contributed by atoms with E-state index >= 15 is 0 Å².